The van der Waals surface area contributed by atoms with Crippen LogP contribution in [0.25, 0.3) is 0 Å². The van der Waals surface area contributed by atoms with E-state index in [0.717, 1.165) is 16.5 Å². The summed E-state index contributed by atoms with van der Waals surface area (Å²) in [6.07, 6.45) is 0.725. The van der Waals surface area contributed by atoms with Crippen molar-refractivity contribution >= 4 is 25.8 Å². The van der Waals surface area contributed by atoms with Gasteiger partial charge in [-0.2, -0.15) is 0 Å². The molecule has 3 rings (SSSR count). The molecular weight excluding hydrogens is 324 g/mol. The summed E-state index contributed by atoms with van der Waals surface area (Å²) in [4.78, 5) is 0.416. The van der Waals surface area contributed by atoms with Crippen molar-refractivity contribution in [1.82, 2.24) is 0 Å². The van der Waals surface area contributed by atoms with E-state index in [1.807, 2.05) is 30.3 Å². The third kappa shape index (κ3) is 2.47. The fourth-order valence-corrected chi connectivity index (χ4v) is 4.54. The molecule has 0 bridgehead atoms. The number of benzene rings is 2. The molecule has 1 aliphatic carbocycles. The first-order valence-electron chi connectivity index (χ1n) is 6.13. The second kappa shape index (κ2) is 4.76. The molecule has 19 heavy (non-hydrogen) atoms. The SMILES string of the molecule is O=S(=O)(c1ccc(Br)cc1)[C@H]1C[C@@H]1c1ccccc1. The molecule has 0 radical (unpaired) electrons. The van der Waals surface area contributed by atoms with Crippen LogP contribution in [0.1, 0.15) is 17.9 Å². The van der Waals surface area contributed by atoms with Crippen LogP contribution in [0.3, 0.4) is 0 Å². The molecule has 1 aliphatic rings. The van der Waals surface area contributed by atoms with Gasteiger partial charge in [0.1, 0.15) is 0 Å². The first-order valence-corrected chi connectivity index (χ1v) is 8.47. The van der Waals surface area contributed by atoms with E-state index in [1.54, 1.807) is 24.3 Å². The second-order valence-electron chi connectivity index (χ2n) is 4.79. The molecule has 0 saturated heterocycles. The molecule has 0 aromatic heterocycles. The first kappa shape index (κ1) is 12.9. The van der Waals surface area contributed by atoms with E-state index in [2.05, 4.69) is 15.9 Å². The standard InChI is InChI=1S/C15H13BrO2S/c16-12-6-8-13(9-7-12)19(17,18)15-10-14(15)11-4-2-1-3-5-11/h1-9,14-15H,10H2/t14-,15+/m1/s1. The summed E-state index contributed by atoms with van der Waals surface area (Å²) >= 11 is 3.32. The van der Waals surface area contributed by atoms with E-state index < -0.39 is 9.84 Å². The Balaban J connectivity index is 1.86. The van der Waals surface area contributed by atoms with Crippen molar-refractivity contribution in [3.63, 3.8) is 0 Å². The minimum Gasteiger partial charge on any atom is -0.223 e. The Hall–Kier alpha value is -1.13. The van der Waals surface area contributed by atoms with Crippen molar-refractivity contribution in [1.29, 1.82) is 0 Å². The number of halogens is 1. The van der Waals surface area contributed by atoms with Crippen LogP contribution in [0.2, 0.25) is 0 Å². The molecular formula is C15H13BrO2S. The van der Waals surface area contributed by atoms with Crippen LogP contribution in [0.4, 0.5) is 0 Å². The largest absolute Gasteiger partial charge is 0.223 e. The first-order chi connectivity index (χ1) is 9.09. The molecule has 0 spiro atoms. The number of hydrogen-bond acceptors (Lipinski definition) is 2. The quantitative estimate of drug-likeness (QED) is 0.854. The average Bonchev–Trinajstić information content (AvgIpc) is 3.21. The molecule has 2 aromatic rings. The molecule has 4 heteroatoms. The van der Waals surface area contributed by atoms with Crippen LogP contribution in [-0.2, 0) is 9.84 Å². The zero-order chi connectivity index (χ0) is 13.5. The van der Waals surface area contributed by atoms with Crippen molar-refractivity contribution in [3.05, 3.63) is 64.6 Å². The fourth-order valence-electron chi connectivity index (χ4n) is 2.36. The Morgan fingerprint density at radius 2 is 1.58 bits per heavy atom. The Morgan fingerprint density at radius 3 is 2.21 bits per heavy atom. The van der Waals surface area contributed by atoms with Crippen molar-refractivity contribution in [3.8, 4) is 0 Å². The van der Waals surface area contributed by atoms with Gasteiger partial charge in [-0.3, -0.25) is 0 Å². The lowest BCUT2D eigenvalue weighted by molar-refractivity contribution is 0.594. The third-order valence-electron chi connectivity index (χ3n) is 3.50. The molecule has 2 atom stereocenters. The van der Waals surface area contributed by atoms with Gasteiger partial charge in [-0.25, -0.2) is 8.42 Å². The molecule has 2 aromatic carbocycles. The van der Waals surface area contributed by atoms with E-state index in [-0.39, 0.29) is 11.2 Å². The number of sulfone groups is 1. The molecule has 0 aliphatic heterocycles. The lowest BCUT2D eigenvalue weighted by Gasteiger charge is -2.04. The maximum Gasteiger partial charge on any atom is 0.181 e. The van der Waals surface area contributed by atoms with Gasteiger partial charge in [0.05, 0.1) is 10.1 Å². The van der Waals surface area contributed by atoms with Crippen LogP contribution in [0.15, 0.2) is 64.0 Å². The molecule has 2 nitrogen and oxygen atoms in total. The van der Waals surface area contributed by atoms with E-state index in [4.69, 9.17) is 0 Å². The van der Waals surface area contributed by atoms with Crippen LogP contribution in [0.5, 0.6) is 0 Å². The van der Waals surface area contributed by atoms with Gasteiger partial charge in [0, 0.05) is 10.4 Å². The zero-order valence-corrected chi connectivity index (χ0v) is 12.6. The Labute approximate surface area is 121 Å². The summed E-state index contributed by atoms with van der Waals surface area (Å²) in [6.45, 7) is 0. The Kier molecular flexibility index (Phi) is 3.23. The Bertz CT molecular complexity index is 678. The summed E-state index contributed by atoms with van der Waals surface area (Å²) in [7, 11) is -3.20. The molecule has 98 valence electrons. The summed E-state index contributed by atoms with van der Waals surface area (Å²) < 4.78 is 25.8. The van der Waals surface area contributed by atoms with E-state index in [1.165, 1.54) is 0 Å². The van der Waals surface area contributed by atoms with Crippen LogP contribution in [-0.4, -0.2) is 13.7 Å². The van der Waals surface area contributed by atoms with Crippen molar-refractivity contribution < 1.29 is 8.42 Å². The van der Waals surface area contributed by atoms with Gasteiger partial charge in [0.15, 0.2) is 9.84 Å². The highest BCUT2D eigenvalue weighted by molar-refractivity contribution is 9.10. The van der Waals surface area contributed by atoms with Gasteiger partial charge in [0.25, 0.3) is 0 Å². The zero-order valence-electron chi connectivity index (χ0n) is 10.2. The summed E-state index contributed by atoms with van der Waals surface area (Å²) in [5.41, 5.74) is 1.12. The molecule has 0 heterocycles. The highest BCUT2D eigenvalue weighted by Crippen LogP contribution is 2.47. The minimum absolute atomic E-state index is 0.148. The predicted molar refractivity (Wildman–Crippen MR) is 78.9 cm³/mol. The monoisotopic (exact) mass is 336 g/mol. The van der Waals surface area contributed by atoms with E-state index in [9.17, 15) is 8.42 Å². The third-order valence-corrected chi connectivity index (χ3v) is 6.28. The Morgan fingerprint density at radius 1 is 0.947 bits per heavy atom. The molecule has 1 fully saturated rings. The van der Waals surface area contributed by atoms with E-state index in [0.29, 0.717) is 4.90 Å². The highest BCUT2D eigenvalue weighted by atomic mass is 79.9. The smallest absolute Gasteiger partial charge is 0.181 e. The summed E-state index contributed by atoms with van der Waals surface area (Å²) in [6, 6.07) is 16.7. The van der Waals surface area contributed by atoms with Crippen LogP contribution < -0.4 is 0 Å². The summed E-state index contributed by atoms with van der Waals surface area (Å²) in [5.74, 6) is 0.148. The van der Waals surface area contributed by atoms with Gasteiger partial charge in [-0.1, -0.05) is 46.3 Å². The topological polar surface area (TPSA) is 34.1 Å². The van der Waals surface area contributed by atoms with Crippen molar-refractivity contribution in [2.24, 2.45) is 0 Å². The molecule has 0 amide bonds. The normalized spacial score (nSPS) is 22.2. The molecule has 0 unspecified atom stereocenters. The van der Waals surface area contributed by atoms with Gasteiger partial charge < -0.3 is 0 Å². The van der Waals surface area contributed by atoms with Gasteiger partial charge in [-0.05, 0) is 36.2 Å². The molecule has 0 N–H and O–H groups in total. The number of hydrogen-bond donors (Lipinski definition) is 0. The van der Waals surface area contributed by atoms with Gasteiger partial charge >= 0.3 is 0 Å². The number of rotatable bonds is 3. The maximum atomic E-state index is 12.5. The van der Waals surface area contributed by atoms with Crippen LogP contribution >= 0.6 is 15.9 Å². The minimum atomic E-state index is -3.20. The summed E-state index contributed by atoms with van der Waals surface area (Å²) in [5, 5.41) is -0.268. The van der Waals surface area contributed by atoms with Crippen LogP contribution in [0, 0.1) is 0 Å². The fraction of sp³-hybridized carbons (Fsp3) is 0.200. The predicted octanol–water partition coefficient (Wildman–Crippen LogP) is 3.78. The van der Waals surface area contributed by atoms with Gasteiger partial charge in [0.2, 0.25) is 0 Å². The average molecular weight is 337 g/mol. The highest BCUT2D eigenvalue weighted by Gasteiger charge is 2.48. The molecule has 1 saturated carbocycles. The maximum absolute atomic E-state index is 12.5. The van der Waals surface area contributed by atoms with E-state index >= 15 is 0 Å². The lowest BCUT2D eigenvalue weighted by atomic mass is 10.1. The van der Waals surface area contributed by atoms with Gasteiger partial charge in [-0.15, -0.1) is 0 Å². The lowest BCUT2D eigenvalue weighted by Crippen LogP contribution is -2.09. The van der Waals surface area contributed by atoms with Crippen molar-refractivity contribution in [2.75, 3.05) is 0 Å². The second-order valence-corrected chi connectivity index (χ2v) is 7.87. The van der Waals surface area contributed by atoms with Crippen molar-refractivity contribution in [2.45, 2.75) is 22.5 Å².